The number of carbonyl (C=O) groups excluding carboxylic acids is 1. The Morgan fingerprint density at radius 2 is 1.62 bits per heavy atom. The second kappa shape index (κ2) is 8.71. The number of piperidine rings is 1. The third kappa shape index (κ3) is 4.72. The van der Waals surface area contributed by atoms with E-state index in [1.807, 2.05) is 0 Å². The van der Waals surface area contributed by atoms with Crippen LogP contribution in [-0.2, 0) is 11.3 Å². The molecule has 2 aliphatic rings. The summed E-state index contributed by atoms with van der Waals surface area (Å²) in [4.78, 5) is 17.7. The molecule has 3 heteroatoms. The standard InChI is InChI=1S/C26H34N2O/c1-19-6-4-13-28(17-19)26(29)25-7-5-12-27(25)18-22-8-10-23(11-9-22)24-15-20(2)14-21(3)16-24/h8-11,14-16,19,25H,4-7,12-13,17-18H2,1-3H3. The average Bonchev–Trinajstić information content (AvgIpc) is 3.15. The van der Waals surface area contributed by atoms with Crippen molar-refractivity contribution in [1.82, 2.24) is 9.80 Å². The molecule has 2 unspecified atom stereocenters. The Balaban J connectivity index is 1.43. The quantitative estimate of drug-likeness (QED) is 0.717. The predicted molar refractivity (Wildman–Crippen MR) is 120 cm³/mol. The van der Waals surface area contributed by atoms with Crippen LogP contribution in [0.15, 0.2) is 42.5 Å². The molecule has 2 aliphatic heterocycles. The summed E-state index contributed by atoms with van der Waals surface area (Å²) in [6.45, 7) is 10.3. The zero-order chi connectivity index (χ0) is 20.4. The van der Waals surface area contributed by atoms with Gasteiger partial charge in [0.1, 0.15) is 0 Å². The molecule has 2 heterocycles. The number of nitrogens with zero attached hydrogens (tertiary/aromatic N) is 2. The molecule has 154 valence electrons. The van der Waals surface area contributed by atoms with Crippen molar-refractivity contribution in [2.45, 2.75) is 59.0 Å². The molecule has 29 heavy (non-hydrogen) atoms. The molecule has 0 aromatic heterocycles. The molecule has 2 fully saturated rings. The molecule has 4 rings (SSSR count). The highest BCUT2D eigenvalue weighted by molar-refractivity contribution is 5.82. The Kier molecular flexibility index (Phi) is 6.05. The second-order valence-corrected chi connectivity index (χ2v) is 9.23. The van der Waals surface area contributed by atoms with Gasteiger partial charge < -0.3 is 4.90 Å². The topological polar surface area (TPSA) is 23.6 Å². The first-order chi connectivity index (χ1) is 14.0. The number of benzene rings is 2. The first-order valence-corrected chi connectivity index (χ1v) is 11.2. The van der Waals surface area contributed by atoms with Crippen molar-refractivity contribution in [3.63, 3.8) is 0 Å². The van der Waals surface area contributed by atoms with Gasteiger partial charge in [-0.15, -0.1) is 0 Å². The van der Waals surface area contributed by atoms with Crippen molar-refractivity contribution >= 4 is 5.91 Å². The first kappa shape index (κ1) is 20.2. The Hall–Kier alpha value is -2.13. The fourth-order valence-corrected chi connectivity index (χ4v) is 5.07. The Morgan fingerprint density at radius 1 is 0.931 bits per heavy atom. The summed E-state index contributed by atoms with van der Waals surface area (Å²) in [7, 11) is 0. The predicted octanol–water partition coefficient (Wildman–Crippen LogP) is 5.19. The van der Waals surface area contributed by atoms with Crippen molar-refractivity contribution in [2.24, 2.45) is 5.92 Å². The van der Waals surface area contributed by atoms with Crippen molar-refractivity contribution in [1.29, 1.82) is 0 Å². The molecule has 0 bridgehead atoms. The monoisotopic (exact) mass is 390 g/mol. The van der Waals surface area contributed by atoms with Crippen LogP contribution >= 0.6 is 0 Å². The van der Waals surface area contributed by atoms with Gasteiger partial charge in [-0.2, -0.15) is 0 Å². The second-order valence-electron chi connectivity index (χ2n) is 9.23. The van der Waals surface area contributed by atoms with Crippen LogP contribution in [0.3, 0.4) is 0 Å². The van der Waals surface area contributed by atoms with Crippen molar-refractivity contribution in [2.75, 3.05) is 19.6 Å². The summed E-state index contributed by atoms with van der Waals surface area (Å²) in [6.07, 6.45) is 4.54. The van der Waals surface area contributed by atoms with Gasteiger partial charge in [0.2, 0.25) is 5.91 Å². The Bertz CT molecular complexity index is 837. The summed E-state index contributed by atoms with van der Waals surface area (Å²) in [5.41, 5.74) is 6.44. The molecule has 0 N–H and O–H groups in total. The minimum Gasteiger partial charge on any atom is -0.341 e. The summed E-state index contributed by atoms with van der Waals surface area (Å²) in [6, 6.07) is 15.7. The Morgan fingerprint density at radius 3 is 2.31 bits per heavy atom. The Labute approximate surface area is 175 Å². The van der Waals surface area contributed by atoms with Gasteiger partial charge in [0, 0.05) is 19.6 Å². The molecule has 0 saturated carbocycles. The summed E-state index contributed by atoms with van der Waals surface area (Å²) < 4.78 is 0. The van der Waals surface area contributed by atoms with Gasteiger partial charge in [-0.3, -0.25) is 9.69 Å². The minimum absolute atomic E-state index is 0.0689. The summed E-state index contributed by atoms with van der Waals surface area (Å²) >= 11 is 0. The molecule has 2 saturated heterocycles. The fourth-order valence-electron chi connectivity index (χ4n) is 5.07. The van der Waals surface area contributed by atoms with Gasteiger partial charge in [-0.1, -0.05) is 60.5 Å². The smallest absolute Gasteiger partial charge is 0.239 e. The maximum Gasteiger partial charge on any atom is 0.239 e. The zero-order valence-electron chi connectivity index (χ0n) is 18.2. The molecule has 2 aromatic rings. The maximum absolute atomic E-state index is 13.1. The van der Waals surface area contributed by atoms with Crippen LogP contribution in [0.1, 0.15) is 49.3 Å². The number of rotatable bonds is 4. The molecule has 0 radical (unpaired) electrons. The van der Waals surface area contributed by atoms with Gasteiger partial charge >= 0.3 is 0 Å². The number of likely N-dealkylation sites (tertiary alicyclic amines) is 2. The van der Waals surface area contributed by atoms with Gasteiger partial charge in [0.15, 0.2) is 0 Å². The molecule has 0 aliphatic carbocycles. The summed E-state index contributed by atoms with van der Waals surface area (Å²) in [5, 5.41) is 0. The normalized spacial score (nSPS) is 22.8. The van der Waals surface area contributed by atoms with Crippen LogP contribution in [-0.4, -0.2) is 41.4 Å². The van der Waals surface area contributed by atoms with Gasteiger partial charge in [0.05, 0.1) is 6.04 Å². The van der Waals surface area contributed by atoms with E-state index in [4.69, 9.17) is 0 Å². The zero-order valence-corrected chi connectivity index (χ0v) is 18.2. The SMILES string of the molecule is Cc1cc(C)cc(-c2ccc(CN3CCCC3C(=O)N3CCCC(C)C3)cc2)c1. The lowest BCUT2D eigenvalue weighted by Gasteiger charge is -2.35. The molecule has 1 amide bonds. The van der Waals surface area contributed by atoms with Crippen LogP contribution in [0, 0.1) is 19.8 Å². The average molecular weight is 391 g/mol. The number of hydrogen-bond donors (Lipinski definition) is 0. The van der Waals surface area contributed by atoms with Crippen LogP contribution in [0.4, 0.5) is 0 Å². The highest BCUT2D eigenvalue weighted by Gasteiger charge is 2.34. The molecular weight excluding hydrogens is 356 g/mol. The van der Waals surface area contributed by atoms with Gasteiger partial charge in [-0.25, -0.2) is 0 Å². The molecule has 0 spiro atoms. The van der Waals surface area contributed by atoms with E-state index >= 15 is 0 Å². The largest absolute Gasteiger partial charge is 0.341 e. The highest BCUT2D eigenvalue weighted by Crippen LogP contribution is 2.26. The van der Waals surface area contributed by atoms with Crippen molar-refractivity contribution in [3.8, 4) is 11.1 Å². The molecule has 2 aromatic carbocycles. The minimum atomic E-state index is 0.0689. The van der Waals surface area contributed by atoms with Gasteiger partial charge in [0.25, 0.3) is 0 Å². The van der Waals surface area contributed by atoms with E-state index in [0.717, 1.165) is 45.4 Å². The lowest BCUT2D eigenvalue weighted by atomic mass is 9.99. The van der Waals surface area contributed by atoms with Crippen molar-refractivity contribution in [3.05, 3.63) is 59.2 Å². The number of carbonyl (C=O) groups is 1. The summed E-state index contributed by atoms with van der Waals surface area (Å²) in [5.74, 6) is 1.00. The van der Waals surface area contributed by atoms with E-state index in [-0.39, 0.29) is 6.04 Å². The number of amides is 1. The lowest BCUT2D eigenvalue weighted by molar-refractivity contribution is -0.137. The first-order valence-electron chi connectivity index (χ1n) is 11.2. The van der Waals surface area contributed by atoms with E-state index in [1.165, 1.54) is 34.2 Å². The van der Waals surface area contributed by atoms with E-state index in [9.17, 15) is 4.79 Å². The third-order valence-electron chi connectivity index (χ3n) is 6.51. The molecular formula is C26H34N2O. The molecule has 2 atom stereocenters. The third-order valence-corrected chi connectivity index (χ3v) is 6.51. The number of hydrogen-bond acceptors (Lipinski definition) is 2. The van der Waals surface area contributed by atoms with E-state index in [1.54, 1.807) is 0 Å². The van der Waals surface area contributed by atoms with Crippen LogP contribution in [0.25, 0.3) is 11.1 Å². The maximum atomic E-state index is 13.1. The van der Waals surface area contributed by atoms with E-state index < -0.39 is 0 Å². The molecule has 3 nitrogen and oxygen atoms in total. The highest BCUT2D eigenvalue weighted by atomic mass is 16.2. The number of aryl methyl sites for hydroxylation is 2. The van der Waals surface area contributed by atoms with E-state index in [0.29, 0.717) is 11.8 Å². The van der Waals surface area contributed by atoms with Gasteiger partial charge in [-0.05, 0) is 68.7 Å². The fraction of sp³-hybridized carbons (Fsp3) is 0.500. The van der Waals surface area contributed by atoms with Crippen LogP contribution in [0.5, 0.6) is 0 Å². The lowest BCUT2D eigenvalue weighted by Crippen LogP contribution is -2.48. The van der Waals surface area contributed by atoms with E-state index in [2.05, 4.69) is 73.0 Å². The van der Waals surface area contributed by atoms with Crippen LogP contribution < -0.4 is 0 Å². The van der Waals surface area contributed by atoms with Crippen molar-refractivity contribution < 1.29 is 4.79 Å². The van der Waals surface area contributed by atoms with Crippen LogP contribution in [0.2, 0.25) is 0 Å².